The summed E-state index contributed by atoms with van der Waals surface area (Å²) < 4.78 is 27.1. The summed E-state index contributed by atoms with van der Waals surface area (Å²) >= 11 is 4.97. The highest BCUT2D eigenvalue weighted by Gasteiger charge is 2.23. The summed E-state index contributed by atoms with van der Waals surface area (Å²) in [5.74, 6) is 0.782. The second kappa shape index (κ2) is 8.38. The molecule has 1 aromatic rings. The van der Waals surface area contributed by atoms with Crippen molar-refractivity contribution in [1.29, 1.82) is 0 Å². The minimum atomic E-state index is -3.44. The molecule has 7 heteroatoms. The van der Waals surface area contributed by atoms with Crippen LogP contribution in [0.4, 0.5) is 0 Å². The highest BCUT2D eigenvalue weighted by molar-refractivity contribution is 9.10. The minimum absolute atomic E-state index is 0.330. The fourth-order valence-corrected chi connectivity index (χ4v) is 4.35. The van der Waals surface area contributed by atoms with Crippen LogP contribution in [0.25, 0.3) is 0 Å². The van der Waals surface area contributed by atoms with Gasteiger partial charge in [0.15, 0.2) is 0 Å². The fourth-order valence-electron chi connectivity index (χ4n) is 1.63. The van der Waals surface area contributed by atoms with Crippen LogP contribution in [0.3, 0.4) is 0 Å². The van der Waals surface area contributed by atoms with Crippen molar-refractivity contribution >= 4 is 37.7 Å². The van der Waals surface area contributed by atoms with Gasteiger partial charge in [-0.1, -0.05) is 13.0 Å². The lowest BCUT2D eigenvalue weighted by atomic mass is 10.2. The zero-order valence-corrected chi connectivity index (χ0v) is 15.2. The van der Waals surface area contributed by atoms with Crippen LogP contribution in [0, 0.1) is 0 Å². The Kier molecular flexibility index (Phi) is 7.53. The van der Waals surface area contributed by atoms with Crippen molar-refractivity contribution in [1.82, 2.24) is 9.62 Å². The van der Waals surface area contributed by atoms with Crippen LogP contribution in [0.15, 0.2) is 27.6 Å². The van der Waals surface area contributed by atoms with Gasteiger partial charge in [0.05, 0.1) is 4.90 Å². The Morgan fingerprint density at radius 3 is 2.70 bits per heavy atom. The maximum absolute atomic E-state index is 12.6. The number of sulfonamides is 1. The quantitative estimate of drug-likeness (QED) is 0.752. The van der Waals surface area contributed by atoms with Gasteiger partial charge in [-0.3, -0.25) is 0 Å². The van der Waals surface area contributed by atoms with Gasteiger partial charge in [-0.2, -0.15) is 11.8 Å². The molecule has 0 amide bonds. The highest BCUT2D eigenvalue weighted by Crippen LogP contribution is 2.25. The monoisotopic (exact) mass is 380 g/mol. The van der Waals surface area contributed by atoms with Gasteiger partial charge in [0.1, 0.15) is 0 Å². The molecule has 0 aliphatic carbocycles. The van der Waals surface area contributed by atoms with E-state index in [9.17, 15) is 8.42 Å². The number of hydrogen-bond acceptors (Lipinski definition) is 4. The third kappa shape index (κ3) is 4.73. The average molecular weight is 381 g/mol. The second-order valence-electron chi connectivity index (χ2n) is 4.36. The van der Waals surface area contributed by atoms with Crippen molar-refractivity contribution in [2.45, 2.75) is 18.4 Å². The maximum Gasteiger partial charge on any atom is 0.243 e. The van der Waals surface area contributed by atoms with Crippen LogP contribution in [-0.2, 0) is 16.6 Å². The lowest BCUT2D eigenvalue weighted by molar-refractivity contribution is 0.488. The number of hydrogen-bond donors (Lipinski definition) is 1. The van der Waals surface area contributed by atoms with Crippen molar-refractivity contribution in [3.05, 3.63) is 28.2 Å². The third-order valence-corrected chi connectivity index (χ3v) is 6.31. The molecule has 0 spiro atoms. The second-order valence-corrected chi connectivity index (χ2v) is 8.22. The Morgan fingerprint density at radius 2 is 2.10 bits per heavy atom. The topological polar surface area (TPSA) is 49.4 Å². The molecule has 0 aliphatic heterocycles. The van der Waals surface area contributed by atoms with Gasteiger partial charge in [-0.15, -0.1) is 0 Å². The lowest BCUT2D eigenvalue weighted by Gasteiger charge is -2.18. The summed E-state index contributed by atoms with van der Waals surface area (Å²) in [5.41, 5.74) is 0.965. The van der Waals surface area contributed by atoms with E-state index in [0.717, 1.165) is 17.9 Å². The molecule has 0 atom stereocenters. The SMILES string of the molecule is CCNCc1ccc(Br)c(S(=O)(=O)N(C)CCSC)c1. The summed E-state index contributed by atoms with van der Waals surface area (Å²) in [5, 5.41) is 3.20. The first-order valence-electron chi connectivity index (χ1n) is 6.38. The largest absolute Gasteiger partial charge is 0.313 e. The van der Waals surface area contributed by atoms with Gasteiger partial charge in [0, 0.05) is 30.4 Å². The highest BCUT2D eigenvalue weighted by atomic mass is 79.9. The molecule has 0 saturated carbocycles. The summed E-state index contributed by atoms with van der Waals surface area (Å²) in [6.45, 7) is 4.05. The fraction of sp³-hybridized carbons (Fsp3) is 0.538. The summed E-state index contributed by atoms with van der Waals surface area (Å²) in [4.78, 5) is 0.330. The number of rotatable bonds is 8. The first kappa shape index (κ1) is 18.0. The Hall–Kier alpha value is -0.0800. The van der Waals surface area contributed by atoms with E-state index in [-0.39, 0.29) is 0 Å². The minimum Gasteiger partial charge on any atom is -0.313 e. The van der Waals surface area contributed by atoms with Crippen molar-refractivity contribution in [3.8, 4) is 0 Å². The Labute approximate surface area is 134 Å². The van der Waals surface area contributed by atoms with Gasteiger partial charge < -0.3 is 5.32 Å². The lowest BCUT2D eigenvalue weighted by Crippen LogP contribution is -2.29. The van der Waals surface area contributed by atoms with E-state index in [4.69, 9.17) is 0 Å². The first-order valence-corrected chi connectivity index (χ1v) is 10.0. The predicted molar refractivity (Wildman–Crippen MR) is 89.7 cm³/mol. The van der Waals surface area contributed by atoms with Crippen LogP contribution in [0.1, 0.15) is 12.5 Å². The summed E-state index contributed by atoms with van der Waals surface area (Å²) in [6, 6.07) is 5.45. The molecule has 0 heterocycles. The average Bonchev–Trinajstić information content (AvgIpc) is 2.43. The van der Waals surface area contributed by atoms with Crippen LogP contribution in [0.5, 0.6) is 0 Å². The van der Waals surface area contributed by atoms with Gasteiger partial charge >= 0.3 is 0 Å². The van der Waals surface area contributed by atoms with Gasteiger partial charge in [-0.05, 0) is 46.4 Å². The molecular weight excluding hydrogens is 360 g/mol. The van der Waals surface area contributed by atoms with Gasteiger partial charge in [-0.25, -0.2) is 12.7 Å². The molecule has 20 heavy (non-hydrogen) atoms. The zero-order valence-electron chi connectivity index (χ0n) is 12.0. The molecule has 1 rings (SSSR count). The smallest absolute Gasteiger partial charge is 0.243 e. The zero-order chi connectivity index (χ0) is 15.2. The molecule has 1 aromatic carbocycles. The predicted octanol–water partition coefficient (Wildman–Crippen LogP) is 2.54. The molecule has 0 aromatic heterocycles. The van der Waals surface area contributed by atoms with Crippen LogP contribution in [-0.4, -0.2) is 44.9 Å². The van der Waals surface area contributed by atoms with Crippen LogP contribution >= 0.6 is 27.7 Å². The molecule has 4 nitrogen and oxygen atoms in total. The molecule has 0 saturated heterocycles. The summed E-state index contributed by atoms with van der Waals surface area (Å²) in [7, 11) is -1.82. The maximum atomic E-state index is 12.6. The van der Waals surface area contributed by atoms with E-state index in [0.29, 0.717) is 22.5 Å². The van der Waals surface area contributed by atoms with E-state index in [1.807, 2.05) is 19.2 Å². The molecule has 0 fully saturated rings. The number of thioether (sulfide) groups is 1. The number of halogens is 1. The van der Waals surface area contributed by atoms with Crippen molar-refractivity contribution < 1.29 is 8.42 Å². The normalized spacial score (nSPS) is 12.1. The summed E-state index contributed by atoms with van der Waals surface area (Å²) in [6.07, 6.45) is 1.97. The van der Waals surface area contributed by atoms with Crippen molar-refractivity contribution in [3.63, 3.8) is 0 Å². The molecular formula is C13H21BrN2O2S2. The Morgan fingerprint density at radius 1 is 1.40 bits per heavy atom. The van der Waals surface area contributed by atoms with E-state index >= 15 is 0 Å². The van der Waals surface area contributed by atoms with E-state index < -0.39 is 10.0 Å². The Balaban J connectivity index is 3.03. The first-order chi connectivity index (χ1) is 9.43. The van der Waals surface area contributed by atoms with Crippen molar-refractivity contribution in [2.75, 3.05) is 32.1 Å². The molecule has 0 bridgehead atoms. The van der Waals surface area contributed by atoms with E-state index in [1.54, 1.807) is 30.9 Å². The third-order valence-electron chi connectivity index (χ3n) is 2.87. The number of benzene rings is 1. The Bertz CT molecular complexity index is 535. The molecule has 0 unspecified atom stereocenters. The molecule has 1 N–H and O–H groups in total. The van der Waals surface area contributed by atoms with Gasteiger partial charge in [0.2, 0.25) is 10.0 Å². The van der Waals surface area contributed by atoms with E-state index in [1.165, 1.54) is 4.31 Å². The molecule has 0 radical (unpaired) electrons. The van der Waals surface area contributed by atoms with Crippen molar-refractivity contribution in [2.24, 2.45) is 0 Å². The van der Waals surface area contributed by atoms with Gasteiger partial charge in [0.25, 0.3) is 0 Å². The van der Waals surface area contributed by atoms with Crippen LogP contribution in [0.2, 0.25) is 0 Å². The van der Waals surface area contributed by atoms with E-state index in [2.05, 4.69) is 21.2 Å². The molecule has 0 aliphatic rings. The standard InChI is InChI=1S/C13H21BrN2O2S2/c1-4-15-10-11-5-6-12(14)13(9-11)20(17,18)16(2)7-8-19-3/h5-6,9,15H,4,7-8,10H2,1-3H3. The number of nitrogens with zero attached hydrogens (tertiary/aromatic N) is 1. The van der Waals surface area contributed by atoms with Crippen LogP contribution < -0.4 is 5.32 Å². The molecule has 114 valence electrons. The number of nitrogens with one attached hydrogen (secondary N) is 1.